The molecule has 1 aromatic rings. The molecule has 4 heteroatoms. The highest BCUT2D eigenvalue weighted by atomic mass is 16.5. The number of aryl methyl sites for hydroxylation is 1. The molecular weight excluding hydrogens is 250 g/mol. The van der Waals surface area contributed by atoms with Gasteiger partial charge in [0.2, 0.25) is 0 Å². The summed E-state index contributed by atoms with van der Waals surface area (Å²) in [6.07, 6.45) is 7.00. The van der Waals surface area contributed by atoms with Gasteiger partial charge in [-0.3, -0.25) is 0 Å². The number of hydrogen-bond acceptors (Lipinski definition) is 4. The van der Waals surface area contributed by atoms with Crippen LogP contribution in [0.5, 0.6) is 6.01 Å². The van der Waals surface area contributed by atoms with Gasteiger partial charge in [-0.25, -0.2) is 9.97 Å². The maximum atomic E-state index is 5.94. The van der Waals surface area contributed by atoms with Gasteiger partial charge in [0, 0.05) is 30.0 Å². The van der Waals surface area contributed by atoms with Crippen LogP contribution in [0.15, 0.2) is 6.20 Å². The van der Waals surface area contributed by atoms with Gasteiger partial charge in [-0.15, -0.1) is 0 Å². The summed E-state index contributed by atoms with van der Waals surface area (Å²) in [6.45, 7) is 9.40. The number of nitrogens with zero attached hydrogens (tertiary/aromatic N) is 2. The fourth-order valence-corrected chi connectivity index (χ4v) is 2.65. The van der Waals surface area contributed by atoms with Crippen molar-refractivity contribution in [1.29, 1.82) is 0 Å². The van der Waals surface area contributed by atoms with Crippen molar-refractivity contribution in [2.24, 2.45) is 5.92 Å². The SMILES string of the molecule is Cc1nc(OC2CCCC(C)C2)ncc1CNC(C)C. The standard InChI is InChI=1S/C16H27N3O/c1-11(2)17-9-14-10-18-16(19-13(14)4)20-15-7-5-6-12(3)8-15/h10-12,15,17H,5-9H2,1-4H3. The fraction of sp³-hybridized carbons (Fsp3) is 0.750. The average Bonchev–Trinajstić information content (AvgIpc) is 2.37. The molecule has 2 rings (SSSR count). The van der Waals surface area contributed by atoms with E-state index in [1.54, 1.807) is 0 Å². The summed E-state index contributed by atoms with van der Waals surface area (Å²) in [5.74, 6) is 0.754. The molecule has 0 amide bonds. The zero-order valence-electron chi connectivity index (χ0n) is 13.1. The van der Waals surface area contributed by atoms with E-state index < -0.39 is 0 Å². The molecule has 2 atom stereocenters. The molecule has 0 saturated heterocycles. The first-order chi connectivity index (χ1) is 9.54. The van der Waals surface area contributed by atoms with E-state index in [0.29, 0.717) is 12.1 Å². The second-order valence-electron chi connectivity index (χ2n) is 6.31. The molecule has 0 aromatic carbocycles. The van der Waals surface area contributed by atoms with Crippen molar-refractivity contribution in [3.05, 3.63) is 17.5 Å². The Kier molecular flexibility index (Phi) is 5.35. The van der Waals surface area contributed by atoms with Crippen molar-refractivity contribution >= 4 is 0 Å². The maximum Gasteiger partial charge on any atom is 0.316 e. The minimum Gasteiger partial charge on any atom is -0.460 e. The van der Waals surface area contributed by atoms with Crippen LogP contribution in [0.1, 0.15) is 57.7 Å². The zero-order valence-corrected chi connectivity index (χ0v) is 13.1. The minimum atomic E-state index is 0.290. The van der Waals surface area contributed by atoms with Crippen LogP contribution >= 0.6 is 0 Å². The Labute approximate surface area is 122 Å². The van der Waals surface area contributed by atoms with Crippen molar-refractivity contribution in [2.75, 3.05) is 0 Å². The molecule has 1 N–H and O–H groups in total. The first-order valence-electron chi connectivity index (χ1n) is 7.77. The highest BCUT2D eigenvalue weighted by Crippen LogP contribution is 2.26. The van der Waals surface area contributed by atoms with Gasteiger partial charge in [0.1, 0.15) is 6.10 Å². The Hall–Kier alpha value is -1.16. The molecule has 1 aromatic heterocycles. The lowest BCUT2D eigenvalue weighted by Gasteiger charge is -2.26. The van der Waals surface area contributed by atoms with Gasteiger partial charge in [-0.2, -0.15) is 0 Å². The quantitative estimate of drug-likeness (QED) is 0.897. The molecule has 1 heterocycles. The number of ether oxygens (including phenoxy) is 1. The highest BCUT2D eigenvalue weighted by molar-refractivity contribution is 5.17. The Morgan fingerprint density at radius 3 is 2.85 bits per heavy atom. The molecular formula is C16H27N3O. The van der Waals surface area contributed by atoms with Crippen LogP contribution < -0.4 is 10.1 Å². The van der Waals surface area contributed by atoms with E-state index >= 15 is 0 Å². The van der Waals surface area contributed by atoms with Crippen LogP contribution in [0.25, 0.3) is 0 Å². The second kappa shape index (κ2) is 7.02. The van der Waals surface area contributed by atoms with Gasteiger partial charge >= 0.3 is 6.01 Å². The Morgan fingerprint density at radius 1 is 1.40 bits per heavy atom. The van der Waals surface area contributed by atoms with Gasteiger partial charge in [-0.1, -0.05) is 27.2 Å². The van der Waals surface area contributed by atoms with Gasteiger partial charge in [-0.05, 0) is 32.1 Å². The molecule has 1 aliphatic carbocycles. The lowest BCUT2D eigenvalue weighted by Crippen LogP contribution is -2.25. The Balaban J connectivity index is 1.94. The van der Waals surface area contributed by atoms with Crippen molar-refractivity contribution in [1.82, 2.24) is 15.3 Å². The minimum absolute atomic E-state index is 0.290. The topological polar surface area (TPSA) is 47.0 Å². The average molecular weight is 277 g/mol. The summed E-state index contributed by atoms with van der Waals surface area (Å²) >= 11 is 0. The van der Waals surface area contributed by atoms with Gasteiger partial charge in [0.05, 0.1) is 0 Å². The molecule has 1 fully saturated rings. The second-order valence-corrected chi connectivity index (χ2v) is 6.31. The van der Waals surface area contributed by atoms with Crippen molar-refractivity contribution in [2.45, 2.75) is 72.1 Å². The van der Waals surface area contributed by atoms with Gasteiger partial charge in [0.15, 0.2) is 0 Å². The first-order valence-corrected chi connectivity index (χ1v) is 7.77. The number of aromatic nitrogens is 2. The molecule has 0 aliphatic heterocycles. The third-order valence-electron chi connectivity index (χ3n) is 3.92. The highest BCUT2D eigenvalue weighted by Gasteiger charge is 2.21. The van der Waals surface area contributed by atoms with E-state index in [9.17, 15) is 0 Å². The number of nitrogens with one attached hydrogen (secondary N) is 1. The Bertz CT molecular complexity index is 434. The molecule has 0 spiro atoms. The molecule has 0 radical (unpaired) electrons. The summed E-state index contributed by atoms with van der Waals surface area (Å²) in [4.78, 5) is 8.86. The molecule has 2 unspecified atom stereocenters. The first kappa shape index (κ1) is 15.2. The van der Waals surface area contributed by atoms with E-state index in [2.05, 4.69) is 36.1 Å². The normalized spacial score (nSPS) is 23.1. The van der Waals surface area contributed by atoms with Gasteiger partial charge < -0.3 is 10.1 Å². The van der Waals surface area contributed by atoms with Crippen LogP contribution in [0.4, 0.5) is 0 Å². The number of hydrogen-bond donors (Lipinski definition) is 1. The molecule has 112 valence electrons. The summed E-state index contributed by atoms with van der Waals surface area (Å²) in [5.41, 5.74) is 2.15. The van der Waals surface area contributed by atoms with Crippen molar-refractivity contribution in [3.8, 4) is 6.01 Å². The smallest absolute Gasteiger partial charge is 0.316 e. The molecule has 4 nitrogen and oxygen atoms in total. The molecule has 0 bridgehead atoms. The summed E-state index contributed by atoms with van der Waals surface area (Å²) in [5, 5.41) is 3.39. The van der Waals surface area contributed by atoms with Crippen LogP contribution in [-0.2, 0) is 6.54 Å². The predicted octanol–water partition coefficient (Wildman–Crippen LogP) is 3.24. The molecule has 1 aliphatic rings. The summed E-state index contributed by atoms with van der Waals surface area (Å²) in [6, 6.07) is 1.00. The van der Waals surface area contributed by atoms with Crippen LogP contribution in [0.3, 0.4) is 0 Å². The Morgan fingerprint density at radius 2 is 2.20 bits per heavy atom. The van der Waals surface area contributed by atoms with E-state index in [4.69, 9.17) is 4.74 Å². The maximum absolute atomic E-state index is 5.94. The molecule has 20 heavy (non-hydrogen) atoms. The van der Waals surface area contributed by atoms with Crippen LogP contribution in [0, 0.1) is 12.8 Å². The zero-order chi connectivity index (χ0) is 14.5. The van der Waals surface area contributed by atoms with Crippen molar-refractivity contribution < 1.29 is 4.74 Å². The van der Waals surface area contributed by atoms with E-state index in [-0.39, 0.29) is 6.10 Å². The lowest BCUT2D eigenvalue weighted by atomic mass is 9.89. The van der Waals surface area contributed by atoms with E-state index in [1.807, 2.05) is 13.1 Å². The lowest BCUT2D eigenvalue weighted by molar-refractivity contribution is 0.118. The third kappa shape index (κ3) is 4.44. The monoisotopic (exact) mass is 277 g/mol. The summed E-state index contributed by atoms with van der Waals surface area (Å²) in [7, 11) is 0. The van der Waals surface area contributed by atoms with Crippen LogP contribution in [0.2, 0.25) is 0 Å². The van der Waals surface area contributed by atoms with Crippen molar-refractivity contribution in [3.63, 3.8) is 0 Å². The van der Waals surface area contributed by atoms with E-state index in [1.165, 1.54) is 12.8 Å². The van der Waals surface area contributed by atoms with Gasteiger partial charge in [0.25, 0.3) is 0 Å². The number of rotatable bonds is 5. The molecule has 1 saturated carbocycles. The predicted molar refractivity (Wildman–Crippen MR) is 80.8 cm³/mol. The third-order valence-corrected chi connectivity index (χ3v) is 3.92. The van der Waals surface area contributed by atoms with Crippen LogP contribution in [-0.4, -0.2) is 22.1 Å². The fourth-order valence-electron chi connectivity index (χ4n) is 2.65. The summed E-state index contributed by atoms with van der Waals surface area (Å²) < 4.78 is 5.94. The largest absolute Gasteiger partial charge is 0.460 e. The van der Waals surface area contributed by atoms with E-state index in [0.717, 1.165) is 36.6 Å².